The summed E-state index contributed by atoms with van der Waals surface area (Å²) in [5.74, 6) is 4.08. The highest BCUT2D eigenvalue weighted by Crippen LogP contribution is 2.51. The van der Waals surface area contributed by atoms with E-state index in [9.17, 15) is 4.79 Å². The number of thiophene rings is 1. The molecule has 4 aromatic heterocycles. The van der Waals surface area contributed by atoms with E-state index in [-0.39, 0.29) is 23.5 Å². The van der Waals surface area contributed by atoms with Crippen LogP contribution in [0.15, 0.2) is 53.7 Å². The van der Waals surface area contributed by atoms with Crippen molar-refractivity contribution in [2.24, 2.45) is 16.3 Å². The number of aliphatic imine (C=N–C) groups is 1. The van der Waals surface area contributed by atoms with Crippen LogP contribution in [0.5, 0.6) is 11.6 Å². The molecule has 0 bridgehead atoms. The number of amides is 1. The lowest BCUT2D eigenvalue weighted by molar-refractivity contribution is 0.0103. The van der Waals surface area contributed by atoms with Crippen molar-refractivity contribution in [3.63, 3.8) is 0 Å². The Labute approximate surface area is 346 Å². The number of carbonyl (C=O) groups excluding carboxylic acids is 1. The van der Waals surface area contributed by atoms with Crippen LogP contribution < -0.4 is 19.7 Å². The normalized spacial score (nSPS) is 22.5. The fraction of sp³-hybridized carbons (Fsp3) is 0.442. The number of anilines is 1. The first-order chi connectivity index (χ1) is 28.1. The molecule has 5 aromatic rings. The summed E-state index contributed by atoms with van der Waals surface area (Å²) in [7, 11) is 0. The molecule has 1 N–H and O–H groups in total. The van der Waals surface area contributed by atoms with Crippen LogP contribution >= 0.6 is 22.9 Å². The van der Waals surface area contributed by atoms with E-state index in [0.717, 1.165) is 97.3 Å². The molecule has 58 heavy (non-hydrogen) atoms. The SMILES string of the molecule is Cc1sc2c(c1C)C(c1ccc(OCC3CC4(CCCN(c5ccc(C(=O)N[C@H]6CC[C@H](Oc7ccc(C#N)c(Cl)c7)CC6)nn5)C4)C3)nc1)=NCc1nnc(C)n1-2. The molecule has 1 aromatic carbocycles. The van der Waals surface area contributed by atoms with Gasteiger partial charge in [-0.3, -0.25) is 14.4 Å². The molecule has 1 spiro atoms. The zero-order valence-electron chi connectivity index (χ0n) is 32.9. The van der Waals surface area contributed by atoms with Crippen LogP contribution in [-0.2, 0) is 6.54 Å². The van der Waals surface area contributed by atoms with Crippen molar-refractivity contribution in [2.75, 3.05) is 24.6 Å². The van der Waals surface area contributed by atoms with Crippen molar-refractivity contribution in [2.45, 2.75) is 90.8 Å². The molecule has 13 nitrogen and oxygen atoms in total. The van der Waals surface area contributed by atoms with Crippen molar-refractivity contribution >= 4 is 40.4 Å². The molecule has 1 amide bonds. The monoisotopic (exact) mass is 816 g/mol. The van der Waals surface area contributed by atoms with Crippen molar-refractivity contribution < 1.29 is 14.3 Å². The summed E-state index contributed by atoms with van der Waals surface area (Å²) >= 11 is 7.92. The summed E-state index contributed by atoms with van der Waals surface area (Å²) in [5.41, 5.74) is 5.23. The average Bonchev–Trinajstić information content (AvgIpc) is 3.68. The molecule has 15 heteroatoms. The van der Waals surface area contributed by atoms with Crippen LogP contribution in [0.4, 0.5) is 5.82 Å². The third kappa shape index (κ3) is 7.53. The number of hydrogen-bond acceptors (Lipinski definition) is 12. The van der Waals surface area contributed by atoms with E-state index in [1.165, 1.54) is 16.9 Å². The number of benzene rings is 1. The maximum absolute atomic E-state index is 13.1. The standard InChI is InChI=1S/C43H45ClN10O3S/c1-25-26(2)58-42-39(25)40(47-22-37-52-49-27(3)54(37)42)30-6-14-38(46-21-30)56-23-28-18-43(19-28)15-4-16-53(24-43)36-13-12-35(50-51-36)41(55)48-31-7-10-32(11-8-31)57-33-9-5-29(20-45)34(44)17-33/h5-6,9,12-14,17,21,28,31-32H,4,7-8,10-11,15-16,18-19,22-24H2,1-3H3,(H,48,55)/t28?,31-,32-,43?. The molecule has 1 saturated heterocycles. The first kappa shape index (κ1) is 38.1. The van der Waals surface area contributed by atoms with E-state index >= 15 is 0 Å². The number of fused-ring (bicyclic) bond motifs is 3. The second kappa shape index (κ2) is 15.8. The number of carbonyl (C=O) groups is 1. The van der Waals surface area contributed by atoms with Gasteiger partial charge in [0, 0.05) is 53.5 Å². The second-order valence-corrected chi connectivity index (χ2v) is 17.8. The van der Waals surface area contributed by atoms with E-state index in [1.54, 1.807) is 35.6 Å². The summed E-state index contributed by atoms with van der Waals surface area (Å²) in [5, 5.41) is 31.3. The Kier molecular flexibility index (Phi) is 10.4. The first-order valence-electron chi connectivity index (χ1n) is 20.1. The number of nitrogens with zero attached hydrogens (tertiary/aromatic N) is 9. The molecule has 3 fully saturated rings. The number of halogens is 1. The smallest absolute Gasteiger partial charge is 0.272 e. The van der Waals surface area contributed by atoms with Crippen molar-refractivity contribution in [3.05, 3.63) is 98.2 Å². The second-order valence-electron chi connectivity index (χ2n) is 16.2. The number of pyridine rings is 1. The highest BCUT2D eigenvalue weighted by atomic mass is 35.5. The third-order valence-corrected chi connectivity index (χ3v) is 13.7. The minimum atomic E-state index is -0.204. The number of nitriles is 1. The Morgan fingerprint density at radius 1 is 1.05 bits per heavy atom. The minimum absolute atomic E-state index is 0.0331. The third-order valence-electron chi connectivity index (χ3n) is 12.2. The summed E-state index contributed by atoms with van der Waals surface area (Å²) in [6, 6.07) is 15.0. The molecule has 2 aliphatic carbocycles. The van der Waals surface area contributed by atoms with E-state index in [1.807, 2.05) is 25.3 Å². The molecular weight excluding hydrogens is 772 g/mol. The summed E-state index contributed by atoms with van der Waals surface area (Å²) in [4.78, 5) is 26.4. The molecule has 4 aliphatic rings. The van der Waals surface area contributed by atoms with Gasteiger partial charge in [-0.05, 0) is 119 Å². The fourth-order valence-corrected chi connectivity index (χ4v) is 10.6. The van der Waals surface area contributed by atoms with Gasteiger partial charge in [0.15, 0.2) is 17.3 Å². The molecular formula is C43H45ClN10O3S. The lowest BCUT2D eigenvalue weighted by atomic mass is 9.58. The van der Waals surface area contributed by atoms with Gasteiger partial charge in [0.05, 0.1) is 29.0 Å². The molecule has 2 aliphatic heterocycles. The number of aromatic nitrogens is 6. The van der Waals surface area contributed by atoms with E-state index in [0.29, 0.717) is 47.0 Å². The van der Waals surface area contributed by atoms with Gasteiger partial charge in [-0.2, -0.15) is 5.26 Å². The number of piperidine rings is 1. The topological polar surface area (TPSA) is 156 Å². The Hall–Kier alpha value is -5.39. The van der Waals surface area contributed by atoms with Gasteiger partial charge < -0.3 is 19.7 Å². The Morgan fingerprint density at radius 3 is 2.64 bits per heavy atom. The summed E-state index contributed by atoms with van der Waals surface area (Å²) < 4.78 is 14.5. The van der Waals surface area contributed by atoms with Crippen molar-refractivity contribution in [1.82, 2.24) is 35.3 Å². The van der Waals surface area contributed by atoms with Gasteiger partial charge in [0.25, 0.3) is 5.91 Å². The van der Waals surface area contributed by atoms with Crippen LogP contribution in [0.3, 0.4) is 0 Å². The molecule has 0 radical (unpaired) electrons. The highest BCUT2D eigenvalue weighted by molar-refractivity contribution is 7.15. The minimum Gasteiger partial charge on any atom is -0.490 e. The maximum atomic E-state index is 13.1. The van der Waals surface area contributed by atoms with Crippen LogP contribution in [-0.4, -0.2) is 73.4 Å². The lowest BCUT2D eigenvalue weighted by Crippen LogP contribution is -2.51. The van der Waals surface area contributed by atoms with Gasteiger partial charge in [-0.15, -0.1) is 31.7 Å². The van der Waals surface area contributed by atoms with E-state index in [4.69, 9.17) is 36.3 Å². The zero-order chi connectivity index (χ0) is 40.0. The number of rotatable bonds is 9. The Bertz CT molecular complexity index is 2410. The van der Waals surface area contributed by atoms with Gasteiger partial charge >= 0.3 is 0 Å². The molecule has 6 heterocycles. The molecule has 298 valence electrons. The lowest BCUT2D eigenvalue weighted by Gasteiger charge is -2.53. The van der Waals surface area contributed by atoms with Gasteiger partial charge in [0.2, 0.25) is 5.88 Å². The molecule has 0 atom stereocenters. The van der Waals surface area contributed by atoms with Crippen LogP contribution in [0.25, 0.3) is 5.00 Å². The van der Waals surface area contributed by atoms with Gasteiger partial charge in [-0.1, -0.05) is 11.6 Å². The highest BCUT2D eigenvalue weighted by Gasteiger charge is 2.47. The molecule has 2 saturated carbocycles. The number of hydrogen-bond donors (Lipinski definition) is 1. The maximum Gasteiger partial charge on any atom is 0.272 e. The Morgan fingerprint density at radius 2 is 1.90 bits per heavy atom. The van der Waals surface area contributed by atoms with Crippen molar-refractivity contribution in [1.29, 1.82) is 5.26 Å². The number of aryl methyl sites for hydroxylation is 2. The van der Waals surface area contributed by atoms with Gasteiger partial charge in [-0.25, -0.2) is 4.98 Å². The quantitative estimate of drug-likeness (QED) is 0.158. The molecule has 0 unspecified atom stereocenters. The summed E-state index contributed by atoms with van der Waals surface area (Å²) in [6.07, 6.45) is 9.61. The predicted molar refractivity (Wildman–Crippen MR) is 221 cm³/mol. The van der Waals surface area contributed by atoms with Crippen LogP contribution in [0, 0.1) is 43.4 Å². The van der Waals surface area contributed by atoms with Gasteiger partial charge in [0.1, 0.15) is 29.2 Å². The van der Waals surface area contributed by atoms with Crippen LogP contribution in [0.1, 0.15) is 101 Å². The van der Waals surface area contributed by atoms with Crippen LogP contribution in [0.2, 0.25) is 5.02 Å². The van der Waals surface area contributed by atoms with E-state index < -0.39 is 0 Å². The Balaban J connectivity index is 0.740. The zero-order valence-corrected chi connectivity index (χ0v) is 34.4. The molecule has 9 rings (SSSR count). The predicted octanol–water partition coefficient (Wildman–Crippen LogP) is 7.51. The largest absolute Gasteiger partial charge is 0.490 e. The average molecular weight is 817 g/mol. The summed E-state index contributed by atoms with van der Waals surface area (Å²) in [6.45, 7) is 9.24. The number of nitrogens with one attached hydrogen (secondary N) is 1. The first-order valence-corrected chi connectivity index (χ1v) is 21.3. The van der Waals surface area contributed by atoms with E-state index in [2.05, 4.69) is 61.2 Å². The number of ether oxygens (including phenoxy) is 2. The van der Waals surface area contributed by atoms with Crippen molar-refractivity contribution in [3.8, 4) is 22.7 Å². The fourth-order valence-electron chi connectivity index (χ4n) is 9.16.